The second-order valence-electron chi connectivity index (χ2n) is 3.99. The quantitative estimate of drug-likeness (QED) is 0.554. The van der Waals surface area contributed by atoms with Crippen LogP contribution in [0.15, 0.2) is 24.3 Å². The Labute approximate surface area is 119 Å². The van der Waals surface area contributed by atoms with Crippen LogP contribution in [0, 0.1) is 11.8 Å². The molecule has 1 aromatic carbocycles. The van der Waals surface area contributed by atoms with E-state index in [0.717, 1.165) is 11.1 Å². The van der Waals surface area contributed by atoms with Crippen LogP contribution in [0.3, 0.4) is 0 Å². The first-order valence-electron chi connectivity index (χ1n) is 6.38. The zero-order valence-electron chi connectivity index (χ0n) is 11.6. The van der Waals surface area contributed by atoms with Crippen LogP contribution in [0.4, 0.5) is 0 Å². The van der Waals surface area contributed by atoms with Gasteiger partial charge in [-0.15, -0.1) is 0 Å². The van der Waals surface area contributed by atoms with Crippen molar-refractivity contribution in [2.24, 2.45) is 5.73 Å². The number of hydrogen-bond acceptors (Lipinski definition) is 4. The third kappa shape index (κ3) is 6.34. The van der Waals surface area contributed by atoms with Crippen LogP contribution in [0.25, 0.3) is 0 Å². The van der Waals surface area contributed by atoms with E-state index in [1.165, 1.54) is 0 Å². The van der Waals surface area contributed by atoms with E-state index in [1.807, 2.05) is 24.3 Å². The lowest BCUT2D eigenvalue weighted by Crippen LogP contribution is -2.28. The fourth-order valence-electron chi connectivity index (χ4n) is 1.49. The number of benzene rings is 1. The molecule has 1 rings (SSSR count). The van der Waals surface area contributed by atoms with Gasteiger partial charge in [0.2, 0.25) is 5.91 Å². The lowest BCUT2D eigenvalue weighted by Gasteiger charge is -2.07. The van der Waals surface area contributed by atoms with Crippen molar-refractivity contribution in [3.8, 4) is 11.8 Å². The Morgan fingerprint density at radius 3 is 2.90 bits per heavy atom. The summed E-state index contributed by atoms with van der Waals surface area (Å²) in [5.74, 6) is 5.63. The Bertz CT molecular complexity index is 477. The maximum Gasteiger partial charge on any atom is 0.246 e. The molecule has 0 atom stereocenters. The van der Waals surface area contributed by atoms with Crippen molar-refractivity contribution in [3.63, 3.8) is 0 Å². The molecule has 0 heterocycles. The molecule has 0 bridgehead atoms. The molecule has 20 heavy (non-hydrogen) atoms. The first kappa shape index (κ1) is 16.2. The second kappa shape index (κ2) is 9.98. The van der Waals surface area contributed by atoms with E-state index in [2.05, 4.69) is 17.2 Å². The van der Waals surface area contributed by atoms with E-state index >= 15 is 0 Å². The first-order chi connectivity index (χ1) is 9.77. The molecule has 0 saturated carbocycles. The van der Waals surface area contributed by atoms with E-state index in [-0.39, 0.29) is 12.5 Å². The number of ether oxygens (including phenoxy) is 2. The molecule has 0 aromatic heterocycles. The Morgan fingerprint density at radius 1 is 1.35 bits per heavy atom. The van der Waals surface area contributed by atoms with E-state index < -0.39 is 0 Å². The average molecular weight is 276 g/mol. The van der Waals surface area contributed by atoms with Gasteiger partial charge in [0.05, 0.1) is 19.8 Å². The van der Waals surface area contributed by atoms with E-state index in [4.69, 9.17) is 15.2 Å². The third-order valence-corrected chi connectivity index (χ3v) is 2.48. The van der Waals surface area contributed by atoms with Crippen molar-refractivity contribution in [1.82, 2.24) is 5.32 Å². The van der Waals surface area contributed by atoms with Gasteiger partial charge in [0.15, 0.2) is 0 Å². The molecule has 0 unspecified atom stereocenters. The van der Waals surface area contributed by atoms with Crippen LogP contribution < -0.4 is 11.1 Å². The minimum atomic E-state index is -0.164. The van der Waals surface area contributed by atoms with E-state index in [9.17, 15) is 4.79 Å². The molecule has 0 fully saturated rings. The Kier molecular flexibility index (Phi) is 8.08. The summed E-state index contributed by atoms with van der Waals surface area (Å²) < 4.78 is 9.96. The van der Waals surface area contributed by atoms with Crippen molar-refractivity contribution in [3.05, 3.63) is 35.4 Å². The summed E-state index contributed by atoms with van der Waals surface area (Å²) in [6.45, 7) is 1.64. The third-order valence-electron chi connectivity index (χ3n) is 2.48. The summed E-state index contributed by atoms with van der Waals surface area (Å²) in [6, 6.07) is 7.63. The van der Waals surface area contributed by atoms with E-state index in [1.54, 1.807) is 7.11 Å². The minimum Gasteiger partial charge on any atom is -0.382 e. The number of carbonyl (C=O) groups is 1. The molecule has 0 aliphatic carbocycles. The summed E-state index contributed by atoms with van der Waals surface area (Å²) >= 11 is 0. The number of methoxy groups -OCH3 is 1. The van der Waals surface area contributed by atoms with Gasteiger partial charge in [-0.05, 0) is 11.6 Å². The molecule has 0 saturated heterocycles. The van der Waals surface area contributed by atoms with Crippen LogP contribution in [0.2, 0.25) is 0 Å². The summed E-state index contributed by atoms with van der Waals surface area (Å²) in [6.07, 6.45) is 0. The maximum atomic E-state index is 11.6. The van der Waals surface area contributed by atoms with Gasteiger partial charge in [0.25, 0.3) is 0 Å². The zero-order valence-corrected chi connectivity index (χ0v) is 11.6. The predicted octanol–water partition coefficient (Wildman–Crippen LogP) is 0.276. The number of nitrogens with one attached hydrogen (secondary N) is 1. The molecule has 0 aliphatic rings. The zero-order chi connectivity index (χ0) is 14.6. The van der Waals surface area contributed by atoms with Gasteiger partial charge in [0, 0.05) is 19.2 Å². The molecule has 1 amide bonds. The van der Waals surface area contributed by atoms with Crippen molar-refractivity contribution < 1.29 is 14.3 Å². The van der Waals surface area contributed by atoms with Crippen LogP contribution in [0.1, 0.15) is 11.1 Å². The van der Waals surface area contributed by atoms with Gasteiger partial charge in [-0.3, -0.25) is 4.79 Å². The largest absolute Gasteiger partial charge is 0.382 e. The van der Waals surface area contributed by atoms with E-state index in [0.29, 0.717) is 26.3 Å². The van der Waals surface area contributed by atoms with Gasteiger partial charge in [-0.1, -0.05) is 30.0 Å². The van der Waals surface area contributed by atoms with Crippen molar-refractivity contribution >= 4 is 5.91 Å². The first-order valence-corrected chi connectivity index (χ1v) is 6.38. The monoisotopic (exact) mass is 276 g/mol. The molecule has 0 aliphatic heterocycles. The molecule has 0 spiro atoms. The fourth-order valence-corrected chi connectivity index (χ4v) is 1.49. The van der Waals surface area contributed by atoms with Crippen LogP contribution in [0.5, 0.6) is 0 Å². The predicted molar refractivity (Wildman–Crippen MR) is 76.9 cm³/mol. The van der Waals surface area contributed by atoms with Crippen LogP contribution >= 0.6 is 0 Å². The van der Waals surface area contributed by atoms with Gasteiger partial charge < -0.3 is 20.5 Å². The number of hydrogen-bond donors (Lipinski definition) is 2. The number of rotatable bonds is 7. The van der Waals surface area contributed by atoms with Crippen molar-refractivity contribution in [2.75, 3.05) is 33.5 Å². The average Bonchev–Trinajstić information content (AvgIpc) is 2.48. The standard InChI is InChI=1S/C15H20N2O3/c1-19-9-10-20-12-15(18)17-11-14-6-3-2-5-13(14)7-4-8-16/h2-3,5-6H,8-12,16H2,1H3,(H,17,18). The molecule has 0 radical (unpaired) electrons. The van der Waals surface area contributed by atoms with Gasteiger partial charge in [-0.2, -0.15) is 0 Å². The van der Waals surface area contributed by atoms with Crippen LogP contribution in [-0.4, -0.2) is 39.4 Å². The summed E-state index contributed by atoms with van der Waals surface area (Å²) in [4.78, 5) is 11.6. The van der Waals surface area contributed by atoms with Crippen LogP contribution in [-0.2, 0) is 20.8 Å². The Balaban J connectivity index is 2.43. The number of carbonyl (C=O) groups excluding carboxylic acids is 1. The highest BCUT2D eigenvalue weighted by Crippen LogP contribution is 2.06. The second-order valence-corrected chi connectivity index (χ2v) is 3.99. The lowest BCUT2D eigenvalue weighted by atomic mass is 10.1. The molecule has 3 N–H and O–H groups in total. The summed E-state index contributed by atoms with van der Waals surface area (Å²) in [5, 5.41) is 2.79. The van der Waals surface area contributed by atoms with Crippen molar-refractivity contribution in [1.29, 1.82) is 0 Å². The normalized spacial score (nSPS) is 9.70. The highest BCUT2D eigenvalue weighted by molar-refractivity contribution is 5.77. The lowest BCUT2D eigenvalue weighted by molar-refractivity contribution is -0.126. The fraction of sp³-hybridized carbons (Fsp3) is 0.400. The highest BCUT2D eigenvalue weighted by atomic mass is 16.5. The molecule has 1 aromatic rings. The smallest absolute Gasteiger partial charge is 0.246 e. The Morgan fingerprint density at radius 2 is 2.15 bits per heavy atom. The maximum absolute atomic E-state index is 11.6. The molecule has 5 nitrogen and oxygen atoms in total. The molecule has 108 valence electrons. The molecular formula is C15H20N2O3. The summed E-state index contributed by atoms with van der Waals surface area (Å²) in [7, 11) is 1.59. The van der Waals surface area contributed by atoms with Gasteiger partial charge >= 0.3 is 0 Å². The molecular weight excluding hydrogens is 256 g/mol. The highest BCUT2D eigenvalue weighted by Gasteiger charge is 2.03. The number of nitrogens with two attached hydrogens (primary N) is 1. The van der Waals surface area contributed by atoms with Gasteiger partial charge in [0.1, 0.15) is 6.61 Å². The minimum absolute atomic E-state index is 0.0278. The SMILES string of the molecule is COCCOCC(=O)NCc1ccccc1C#CCN. The Hall–Kier alpha value is -1.87. The van der Waals surface area contributed by atoms with Gasteiger partial charge in [-0.25, -0.2) is 0 Å². The van der Waals surface area contributed by atoms with Crippen molar-refractivity contribution in [2.45, 2.75) is 6.54 Å². The topological polar surface area (TPSA) is 73.6 Å². The summed E-state index contributed by atoms with van der Waals surface area (Å²) in [5.41, 5.74) is 7.19. The number of amides is 1. The molecule has 5 heteroatoms.